The van der Waals surface area contributed by atoms with Crippen LogP contribution < -0.4 is 0 Å². The summed E-state index contributed by atoms with van der Waals surface area (Å²) in [4.78, 5) is 41.8. The van der Waals surface area contributed by atoms with Gasteiger partial charge in [0.25, 0.3) is 0 Å². The smallest absolute Gasteiger partial charge is 0.164 e. The molecule has 12 heteroatoms. The first kappa shape index (κ1) is 76.4. The minimum absolute atomic E-state index is 0.584. The number of fused-ring (bicyclic) bond motifs is 27. The molecule has 8 aromatic heterocycles. The van der Waals surface area contributed by atoms with Crippen LogP contribution in [0.2, 0.25) is 0 Å². The Labute approximate surface area is 775 Å². The van der Waals surface area contributed by atoms with Crippen molar-refractivity contribution in [3.63, 3.8) is 0 Å². The molecule has 0 aliphatic rings. The Morgan fingerprint density at radius 3 is 0.919 bits per heavy atom. The zero-order valence-corrected chi connectivity index (χ0v) is 72.6. The van der Waals surface area contributed by atoms with Gasteiger partial charge in [-0.3, -0.25) is 0 Å². The summed E-state index contributed by atoms with van der Waals surface area (Å²) in [6.45, 7) is 0. The van der Waals surface area contributed by atoms with Crippen molar-refractivity contribution in [3.8, 4) is 113 Å². The van der Waals surface area contributed by atoms with E-state index in [9.17, 15) is 0 Å². The third-order valence-corrected chi connectivity index (χ3v) is 27.2. The van der Waals surface area contributed by atoms with Gasteiger partial charge in [-0.2, -0.15) is 0 Å². The van der Waals surface area contributed by atoms with Crippen LogP contribution in [-0.4, -0.2) is 39.9 Å². The summed E-state index contributed by atoms with van der Waals surface area (Å²) in [7, 11) is 0. The summed E-state index contributed by atoms with van der Waals surface area (Å²) < 4.78 is 27.0. The first-order valence-corrected chi connectivity index (χ1v) is 45.7. The highest BCUT2D eigenvalue weighted by Crippen LogP contribution is 2.53. The molecule has 8 heterocycles. The Kier molecular flexibility index (Phi) is 17.2. The summed E-state index contributed by atoms with van der Waals surface area (Å²) in [5.41, 5.74) is 21.6. The number of aromatic nitrogens is 8. The number of hydrogen-bond donors (Lipinski definition) is 0. The highest BCUT2D eigenvalue weighted by Gasteiger charge is 2.29. The number of rotatable bonds is 10. The van der Waals surface area contributed by atoms with Crippen molar-refractivity contribution in [3.05, 3.63) is 425 Å². The van der Waals surface area contributed by atoms with Crippen LogP contribution in [0.5, 0.6) is 0 Å². The van der Waals surface area contributed by atoms with Gasteiger partial charge in [0.1, 0.15) is 44.7 Å². The van der Waals surface area contributed by atoms with Gasteiger partial charge in [0, 0.05) is 142 Å². The third-order valence-electron chi connectivity index (χ3n) is 27.2. The van der Waals surface area contributed by atoms with Gasteiger partial charge < -0.3 is 17.7 Å². The van der Waals surface area contributed by atoms with Crippen LogP contribution in [-0.2, 0) is 0 Å². The number of furan rings is 4. The van der Waals surface area contributed by atoms with Gasteiger partial charge in [-0.05, 0) is 115 Å². The molecule has 0 N–H and O–H groups in total. The quantitative estimate of drug-likeness (QED) is 0.120. The van der Waals surface area contributed by atoms with Gasteiger partial charge in [0.05, 0.1) is 22.4 Å². The van der Waals surface area contributed by atoms with E-state index in [0.29, 0.717) is 34.9 Å². The van der Waals surface area contributed by atoms with Gasteiger partial charge >= 0.3 is 0 Å². The fourth-order valence-electron chi connectivity index (χ4n) is 21.0. The fourth-order valence-corrected chi connectivity index (χ4v) is 21.0. The van der Waals surface area contributed by atoms with Gasteiger partial charge in [-0.1, -0.05) is 364 Å². The molecule has 630 valence electrons. The van der Waals surface area contributed by atoms with E-state index in [4.69, 9.17) is 57.5 Å². The van der Waals surface area contributed by atoms with Crippen molar-refractivity contribution in [2.24, 2.45) is 0 Å². The van der Waals surface area contributed by atoms with Crippen LogP contribution in [0.4, 0.5) is 0 Å². The summed E-state index contributed by atoms with van der Waals surface area (Å²) in [5.74, 6) is 3.62. The lowest BCUT2D eigenvalue weighted by atomic mass is 9.89. The molecule has 0 amide bonds. The van der Waals surface area contributed by atoms with Gasteiger partial charge in [-0.25, -0.2) is 39.9 Å². The molecule has 0 radical (unpaired) electrons. The molecule has 0 unspecified atom stereocenters. The number of benzene rings is 21. The summed E-state index contributed by atoms with van der Waals surface area (Å²) in [6, 6.07) is 147. The van der Waals surface area contributed by atoms with Crippen LogP contribution in [0.3, 0.4) is 0 Å². The van der Waals surface area contributed by atoms with Crippen molar-refractivity contribution >= 4 is 185 Å². The maximum Gasteiger partial charge on any atom is 0.164 e. The fraction of sp³-hybridized carbons (Fsp3) is 0. The second kappa shape index (κ2) is 30.6. The monoisotopic (exact) mass is 1730 g/mol. The zero-order valence-electron chi connectivity index (χ0n) is 72.6. The molecule has 136 heavy (non-hydrogen) atoms. The van der Waals surface area contributed by atoms with Crippen LogP contribution in [0.1, 0.15) is 0 Å². The van der Waals surface area contributed by atoms with E-state index in [-0.39, 0.29) is 0 Å². The Balaban J connectivity index is 0.000000135. The molecule has 29 rings (SSSR count). The summed E-state index contributed by atoms with van der Waals surface area (Å²) >= 11 is 0. The van der Waals surface area contributed by atoms with E-state index in [0.717, 1.165) is 231 Å². The van der Waals surface area contributed by atoms with E-state index in [1.165, 1.54) is 32.3 Å². The molecule has 0 aliphatic carbocycles. The minimum atomic E-state index is 0.584. The van der Waals surface area contributed by atoms with Gasteiger partial charge in [-0.15, -0.1) is 0 Å². The summed E-state index contributed by atoms with van der Waals surface area (Å²) in [6.07, 6.45) is 0. The zero-order chi connectivity index (χ0) is 89.2. The molecule has 0 atom stereocenters. The van der Waals surface area contributed by atoms with E-state index >= 15 is 0 Å². The van der Waals surface area contributed by atoms with Crippen molar-refractivity contribution in [1.82, 2.24) is 39.9 Å². The van der Waals surface area contributed by atoms with Crippen molar-refractivity contribution in [1.29, 1.82) is 0 Å². The predicted octanol–water partition coefficient (Wildman–Crippen LogP) is 33.2. The molecular weight excluding hydrogens is 1670 g/mol. The molecular formula is C124H70N8O4. The second-order valence-corrected chi connectivity index (χ2v) is 34.8. The second-order valence-electron chi connectivity index (χ2n) is 34.8. The lowest BCUT2D eigenvalue weighted by molar-refractivity contribution is 0.668. The number of nitrogens with zero attached hydrogens (tertiary/aromatic N) is 8. The number of pyridine rings is 2. The normalized spacial score (nSPS) is 12.0. The van der Waals surface area contributed by atoms with Crippen LogP contribution in [0.15, 0.2) is 442 Å². The minimum Gasteiger partial charge on any atom is -0.456 e. The average molecular weight is 1740 g/mol. The van der Waals surface area contributed by atoms with Gasteiger partial charge in [0.15, 0.2) is 34.9 Å². The Morgan fingerprint density at radius 1 is 0.147 bits per heavy atom. The molecule has 0 saturated carbocycles. The molecule has 0 spiro atoms. The standard InChI is InChI=1S/C64H36N4O2.C60H34N4O2/c1-2-15-38(16-3-1)62-66-63(68-64(67-62)40-33-34-45-43-19-5-4-17-41(43)42-18-6-7-20-44(42)51(45)35-40)39-31-29-37(30-32-39)60-52-36-56-58(49-23-10-13-28-55(49)69-56)59(57(52)48-22-8-11-26-53(48)65-60)50-25-14-24-47-46-21-9-12-27-54(46)70-61(47)50;1-2-15-36(16-3-1)58-62-59(64-60(63-58)47-33-38-17-4-5-18-39(38)40-19-6-7-20-41(40)47)37-31-29-35(30-32-37)56-48-34-52-54(45-23-10-13-28-51(45)65-52)55(53(48)44-22-8-11-26-49(44)61-56)46-25-14-24-43-42-21-9-12-27-50(42)66-57(43)46/h1-36H;1-34H. The Hall–Kier alpha value is -18.5. The molecule has 0 aliphatic heterocycles. The lowest BCUT2D eigenvalue weighted by Gasteiger charge is -2.16. The molecule has 0 fully saturated rings. The topological polar surface area (TPSA) is 156 Å². The number of hydrogen-bond acceptors (Lipinski definition) is 12. The van der Waals surface area contributed by atoms with E-state index < -0.39 is 0 Å². The Bertz CT molecular complexity index is 10100. The van der Waals surface area contributed by atoms with Crippen molar-refractivity contribution in [2.75, 3.05) is 0 Å². The molecule has 21 aromatic carbocycles. The molecule has 0 bridgehead atoms. The van der Waals surface area contributed by atoms with E-state index in [2.05, 4.69) is 315 Å². The van der Waals surface area contributed by atoms with E-state index in [1.807, 2.05) is 109 Å². The molecule has 29 aromatic rings. The maximum absolute atomic E-state index is 6.77. The van der Waals surface area contributed by atoms with Crippen LogP contribution >= 0.6 is 0 Å². The average Bonchev–Trinajstić information content (AvgIpc) is 1.49. The molecule has 0 saturated heterocycles. The van der Waals surface area contributed by atoms with Crippen molar-refractivity contribution in [2.45, 2.75) is 0 Å². The third kappa shape index (κ3) is 12.2. The van der Waals surface area contributed by atoms with E-state index in [1.54, 1.807) is 0 Å². The van der Waals surface area contributed by atoms with Crippen LogP contribution in [0.25, 0.3) is 298 Å². The molecule has 12 nitrogen and oxygen atoms in total. The SMILES string of the molecule is c1ccc(-c2nc(-c3ccc(-c4nc5ccccc5c5c(-c6cccc7c6oc6ccccc67)c6c(cc45)oc4ccccc46)cc3)nc(-c3cc4ccccc4c4ccccc34)n2)cc1.c1ccc(-c2nc(-c3ccc(-c4nc5ccccc5c5c(-c6cccc7c6oc6ccccc67)c6c(cc45)oc4ccccc46)cc3)nc(-c3ccc4c5ccccc5c5ccccc5c4c3)n2)cc1. The largest absolute Gasteiger partial charge is 0.456 e. The first-order chi connectivity index (χ1) is 67.4. The van der Waals surface area contributed by atoms with Crippen molar-refractivity contribution < 1.29 is 17.7 Å². The highest BCUT2D eigenvalue weighted by molar-refractivity contribution is 6.33. The maximum atomic E-state index is 6.77. The van der Waals surface area contributed by atoms with Crippen LogP contribution in [0, 0.1) is 0 Å². The van der Waals surface area contributed by atoms with Gasteiger partial charge in [0.2, 0.25) is 0 Å². The Morgan fingerprint density at radius 2 is 0.463 bits per heavy atom. The first-order valence-electron chi connectivity index (χ1n) is 45.7. The summed E-state index contributed by atoms with van der Waals surface area (Å²) in [5, 5.41) is 26.5. The predicted molar refractivity (Wildman–Crippen MR) is 556 cm³/mol. The number of para-hydroxylation sites is 8. The highest BCUT2D eigenvalue weighted by atomic mass is 16.3. The lowest BCUT2D eigenvalue weighted by Crippen LogP contribution is -2.01.